The Balaban J connectivity index is 2.42. The third kappa shape index (κ3) is 6.33. The molecule has 0 aliphatic heterocycles. The van der Waals surface area contributed by atoms with Crippen LogP contribution in [-0.2, 0) is 10.0 Å². The molecule has 0 fully saturated rings. The molecule has 0 heterocycles. The normalized spacial score (nSPS) is 12.4. The van der Waals surface area contributed by atoms with Crippen molar-refractivity contribution >= 4 is 21.6 Å². The second-order valence-corrected chi connectivity index (χ2v) is 9.32. The van der Waals surface area contributed by atoms with Crippen molar-refractivity contribution in [2.45, 2.75) is 44.6 Å². The number of halogens is 1. The summed E-state index contributed by atoms with van der Waals surface area (Å²) in [6.45, 7) is 6.07. The lowest BCUT2D eigenvalue weighted by Gasteiger charge is -2.19. The van der Waals surface area contributed by atoms with E-state index in [2.05, 4.69) is 23.9 Å². The van der Waals surface area contributed by atoms with Gasteiger partial charge in [-0.1, -0.05) is 26.0 Å². The van der Waals surface area contributed by atoms with Crippen LogP contribution in [0.25, 0.3) is 0 Å². The standard InChI is InChI=1S/C22H29FN2O5S/c1-14(2)10-11-15(3)24-22(26)17-12-16(13-20(29-4)21(17)30-5)31(27,28)25-19-9-7-6-8-18(19)23/h6-9,12-15,25H,10-11H2,1-5H3,(H,24,26)/t15-/m1/s1. The summed E-state index contributed by atoms with van der Waals surface area (Å²) in [5, 5.41) is 2.87. The highest BCUT2D eigenvalue weighted by Crippen LogP contribution is 2.35. The molecule has 0 spiro atoms. The maximum atomic E-state index is 13.9. The topological polar surface area (TPSA) is 93.7 Å². The zero-order valence-corrected chi connectivity index (χ0v) is 19.2. The molecule has 0 bridgehead atoms. The summed E-state index contributed by atoms with van der Waals surface area (Å²) < 4.78 is 52.5. The van der Waals surface area contributed by atoms with E-state index in [1.54, 1.807) is 0 Å². The highest BCUT2D eigenvalue weighted by Gasteiger charge is 2.25. The number of hydrogen-bond donors (Lipinski definition) is 2. The van der Waals surface area contributed by atoms with Crippen molar-refractivity contribution in [3.05, 3.63) is 47.8 Å². The van der Waals surface area contributed by atoms with Crippen LogP contribution in [0.1, 0.15) is 44.0 Å². The molecule has 1 atom stereocenters. The number of ether oxygens (including phenoxy) is 2. The number of rotatable bonds is 10. The van der Waals surface area contributed by atoms with Gasteiger partial charge in [-0.3, -0.25) is 9.52 Å². The SMILES string of the molecule is COc1cc(S(=O)(=O)Nc2ccccc2F)cc(C(=O)N[C@H](C)CCC(C)C)c1OC. The number of carbonyl (C=O) groups is 1. The van der Waals surface area contributed by atoms with Gasteiger partial charge in [-0.15, -0.1) is 0 Å². The number of benzene rings is 2. The van der Waals surface area contributed by atoms with Crippen LogP contribution in [0.3, 0.4) is 0 Å². The van der Waals surface area contributed by atoms with E-state index in [0.29, 0.717) is 5.92 Å². The third-order valence-electron chi connectivity index (χ3n) is 4.68. The minimum atomic E-state index is -4.20. The molecule has 0 saturated carbocycles. The number of anilines is 1. The second kappa shape index (κ2) is 10.5. The molecule has 1 amide bonds. The molecule has 170 valence electrons. The van der Waals surface area contributed by atoms with E-state index in [0.717, 1.165) is 18.9 Å². The molecule has 2 aromatic carbocycles. The Bertz CT molecular complexity index is 1020. The minimum Gasteiger partial charge on any atom is -0.493 e. The molecule has 7 nitrogen and oxygen atoms in total. The quantitative estimate of drug-likeness (QED) is 0.564. The summed E-state index contributed by atoms with van der Waals surface area (Å²) in [7, 11) is -1.50. The second-order valence-electron chi connectivity index (χ2n) is 7.64. The molecular weight excluding hydrogens is 423 g/mol. The number of amides is 1. The molecule has 31 heavy (non-hydrogen) atoms. The van der Waals surface area contributed by atoms with Gasteiger partial charge in [-0.05, 0) is 43.9 Å². The first-order chi connectivity index (χ1) is 14.6. The number of methoxy groups -OCH3 is 2. The molecular formula is C22H29FN2O5S. The molecule has 0 aliphatic rings. The van der Waals surface area contributed by atoms with E-state index in [1.807, 2.05) is 6.92 Å². The predicted molar refractivity (Wildman–Crippen MR) is 118 cm³/mol. The molecule has 0 radical (unpaired) electrons. The van der Waals surface area contributed by atoms with Gasteiger partial charge >= 0.3 is 0 Å². The number of sulfonamides is 1. The average Bonchev–Trinajstić information content (AvgIpc) is 2.72. The Labute approximate surface area is 183 Å². The van der Waals surface area contributed by atoms with E-state index in [-0.39, 0.29) is 33.7 Å². The first-order valence-electron chi connectivity index (χ1n) is 9.93. The zero-order valence-electron chi connectivity index (χ0n) is 18.4. The van der Waals surface area contributed by atoms with Crippen LogP contribution in [0.2, 0.25) is 0 Å². The largest absolute Gasteiger partial charge is 0.493 e. The molecule has 2 N–H and O–H groups in total. The highest BCUT2D eigenvalue weighted by molar-refractivity contribution is 7.92. The Morgan fingerprint density at radius 3 is 2.32 bits per heavy atom. The van der Waals surface area contributed by atoms with E-state index in [4.69, 9.17) is 9.47 Å². The van der Waals surface area contributed by atoms with Crippen LogP contribution < -0.4 is 19.5 Å². The monoisotopic (exact) mass is 452 g/mol. The lowest BCUT2D eigenvalue weighted by molar-refractivity contribution is 0.0933. The number of hydrogen-bond acceptors (Lipinski definition) is 5. The summed E-state index contributed by atoms with van der Waals surface area (Å²) in [6, 6.07) is 7.69. The summed E-state index contributed by atoms with van der Waals surface area (Å²) in [5.74, 6) is -0.537. The average molecular weight is 453 g/mol. The number of para-hydroxylation sites is 1. The van der Waals surface area contributed by atoms with Crippen LogP contribution in [-0.4, -0.2) is 34.6 Å². The summed E-state index contributed by atoms with van der Waals surface area (Å²) >= 11 is 0. The number of carbonyl (C=O) groups excluding carboxylic acids is 1. The Hall–Kier alpha value is -2.81. The molecule has 2 rings (SSSR count). The Kier molecular flexibility index (Phi) is 8.27. The molecule has 2 aromatic rings. The lowest BCUT2D eigenvalue weighted by atomic mass is 10.0. The van der Waals surface area contributed by atoms with E-state index in [9.17, 15) is 17.6 Å². The van der Waals surface area contributed by atoms with Crippen LogP contribution >= 0.6 is 0 Å². The molecule has 9 heteroatoms. The maximum absolute atomic E-state index is 13.9. The molecule has 0 aromatic heterocycles. The lowest BCUT2D eigenvalue weighted by Crippen LogP contribution is -2.33. The highest BCUT2D eigenvalue weighted by atomic mass is 32.2. The van der Waals surface area contributed by atoms with Crippen LogP contribution in [0.4, 0.5) is 10.1 Å². The van der Waals surface area contributed by atoms with Gasteiger partial charge in [0.1, 0.15) is 5.82 Å². The summed E-state index contributed by atoms with van der Waals surface area (Å²) in [4.78, 5) is 12.7. The van der Waals surface area contributed by atoms with Gasteiger partial charge in [0.05, 0.1) is 30.4 Å². The summed E-state index contributed by atoms with van der Waals surface area (Å²) in [6.07, 6.45) is 1.71. The van der Waals surface area contributed by atoms with Crippen molar-refractivity contribution in [2.24, 2.45) is 5.92 Å². The first-order valence-corrected chi connectivity index (χ1v) is 11.4. The van der Waals surface area contributed by atoms with Crippen molar-refractivity contribution in [2.75, 3.05) is 18.9 Å². The summed E-state index contributed by atoms with van der Waals surface area (Å²) in [5.41, 5.74) is -0.197. The first kappa shape index (κ1) is 24.5. The van der Waals surface area contributed by atoms with Crippen molar-refractivity contribution < 1.29 is 27.1 Å². The van der Waals surface area contributed by atoms with Gasteiger partial charge in [-0.25, -0.2) is 12.8 Å². The Morgan fingerprint density at radius 1 is 1.06 bits per heavy atom. The van der Waals surface area contributed by atoms with Gasteiger partial charge in [0.25, 0.3) is 15.9 Å². The van der Waals surface area contributed by atoms with Gasteiger partial charge in [0, 0.05) is 12.1 Å². The van der Waals surface area contributed by atoms with Crippen LogP contribution in [0.5, 0.6) is 11.5 Å². The fourth-order valence-corrected chi connectivity index (χ4v) is 4.08. The molecule has 0 saturated heterocycles. The van der Waals surface area contributed by atoms with E-state index >= 15 is 0 Å². The van der Waals surface area contributed by atoms with Crippen molar-refractivity contribution in [1.82, 2.24) is 5.32 Å². The van der Waals surface area contributed by atoms with Gasteiger partial charge < -0.3 is 14.8 Å². The van der Waals surface area contributed by atoms with E-state index in [1.165, 1.54) is 44.6 Å². The van der Waals surface area contributed by atoms with Crippen molar-refractivity contribution in [3.8, 4) is 11.5 Å². The third-order valence-corrected chi connectivity index (χ3v) is 6.02. The van der Waals surface area contributed by atoms with Gasteiger partial charge in [0.15, 0.2) is 11.5 Å². The fourth-order valence-electron chi connectivity index (χ4n) is 2.97. The molecule has 0 aliphatic carbocycles. The zero-order chi connectivity index (χ0) is 23.2. The van der Waals surface area contributed by atoms with E-state index < -0.39 is 21.7 Å². The van der Waals surface area contributed by atoms with Crippen LogP contribution in [0, 0.1) is 11.7 Å². The van der Waals surface area contributed by atoms with Crippen molar-refractivity contribution in [1.29, 1.82) is 0 Å². The molecule has 0 unspecified atom stereocenters. The van der Waals surface area contributed by atoms with Crippen LogP contribution in [0.15, 0.2) is 41.3 Å². The predicted octanol–water partition coefficient (Wildman–Crippen LogP) is 4.20. The smallest absolute Gasteiger partial charge is 0.262 e. The van der Waals surface area contributed by atoms with Crippen molar-refractivity contribution in [3.63, 3.8) is 0 Å². The van der Waals surface area contributed by atoms with Gasteiger partial charge in [0.2, 0.25) is 0 Å². The fraction of sp³-hybridized carbons (Fsp3) is 0.409. The minimum absolute atomic E-state index is 0.00663. The Morgan fingerprint density at radius 2 is 1.74 bits per heavy atom. The number of nitrogens with one attached hydrogen (secondary N) is 2. The van der Waals surface area contributed by atoms with Gasteiger partial charge in [-0.2, -0.15) is 0 Å². The maximum Gasteiger partial charge on any atom is 0.262 e.